The number of furan rings is 1. The monoisotopic (exact) mass is 269 g/mol. The molecule has 0 saturated carbocycles. The zero-order chi connectivity index (χ0) is 14.3. The number of benzene rings is 1. The van der Waals surface area contributed by atoms with Crippen molar-refractivity contribution in [3.8, 4) is 0 Å². The van der Waals surface area contributed by atoms with Gasteiger partial charge in [0.15, 0.2) is 0 Å². The van der Waals surface area contributed by atoms with Crippen LogP contribution in [0.4, 0.5) is 0 Å². The van der Waals surface area contributed by atoms with Crippen molar-refractivity contribution in [3.63, 3.8) is 0 Å². The number of fused-ring (bicyclic) bond motifs is 1. The van der Waals surface area contributed by atoms with Crippen LogP contribution in [0.15, 0.2) is 28.7 Å². The summed E-state index contributed by atoms with van der Waals surface area (Å²) in [5.74, 6) is 2.03. The molecule has 0 radical (unpaired) electrons. The minimum absolute atomic E-state index is 0.323. The van der Waals surface area contributed by atoms with Gasteiger partial charge in [0.2, 0.25) is 0 Å². The second-order valence-corrected chi connectivity index (χ2v) is 6.05. The molecule has 1 aliphatic carbocycles. The number of rotatable bonds is 3. The summed E-state index contributed by atoms with van der Waals surface area (Å²) in [5.41, 5.74) is 5.61. The van der Waals surface area contributed by atoms with E-state index in [9.17, 15) is 0 Å². The molecule has 2 aromatic rings. The Morgan fingerprint density at radius 3 is 2.70 bits per heavy atom. The predicted octanol–water partition coefficient (Wildman–Crippen LogP) is 4.54. The lowest BCUT2D eigenvalue weighted by Crippen LogP contribution is -2.23. The predicted molar refractivity (Wildman–Crippen MR) is 82.0 cm³/mol. The van der Waals surface area contributed by atoms with Crippen LogP contribution >= 0.6 is 0 Å². The normalized spacial score (nSPS) is 19.1. The van der Waals surface area contributed by atoms with Crippen molar-refractivity contribution < 1.29 is 4.42 Å². The zero-order valence-electron chi connectivity index (χ0n) is 12.8. The third kappa shape index (κ3) is 2.40. The van der Waals surface area contributed by atoms with Crippen LogP contribution in [0.25, 0.3) is 0 Å². The SMILES string of the molecule is Cc1ccc2c(c1)C(NC(C)c1cc(C)oc1C)CC2. The summed E-state index contributed by atoms with van der Waals surface area (Å²) in [6, 6.07) is 9.77. The van der Waals surface area contributed by atoms with Crippen molar-refractivity contribution in [1.29, 1.82) is 0 Å². The van der Waals surface area contributed by atoms with E-state index < -0.39 is 0 Å². The Morgan fingerprint density at radius 2 is 2.00 bits per heavy atom. The molecule has 2 heteroatoms. The van der Waals surface area contributed by atoms with Crippen molar-refractivity contribution in [2.75, 3.05) is 0 Å². The molecule has 1 aromatic heterocycles. The minimum Gasteiger partial charge on any atom is -0.466 e. The number of hydrogen-bond donors (Lipinski definition) is 1. The maximum absolute atomic E-state index is 5.65. The molecule has 1 N–H and O–H groups in total. The first-order chi connectivity index (χ1) is 9.54. The van der Waals surface area contributed by atoms with E-state index in [-0.39, 0.29) is 0 Å². The summed E-state index contributed by atoms with van der Waals surface area (Å²) in [6.07, 6.45) is 2.38. The standard InChI is InChI=1S/C18H23NO/c1-11-5-6-15-7-8-18(17(15)9-11)19-13(3)16-10-12(2)20-14(16)4/h5-6,9-10,13,18-19H,7-8H2,1-4H3. The first-order valence-corrected chi connectivity index (χ1v) is 7.47. The second-order valence-electron chi connectivity index (χ2n) is 6.05. The maximum Gasteiger partial charge on any atom is 0.105 e. The molecule has 106 valence electrons. The highest BCUT2D eigenvalue weighted by atomic mass is 16.3. The Hall–Kier alpha value is -1.54. The molecule has 0 amide bonds. The van der Waals surface area contributed by atoms with Gasteiger partial charge in [0.25, 0.3) is 0 Å². The van der Waals surface area contributed by atoms with Crippen molar-refractivity contribution in [2.24, 2.45) is 0 Å². The summed E-state index contributed by atoms with van der Waals surface area (Å²) in [4.78, 5) is 0. The van der Waals surface area contributed by atoms with Gasteiger partial charge in [0.1, 0.15) is 11.5 Å². The van der Waals surface area contributed by atoms with Crippen LogP contribution in [-0.2, 0) is 6.42 Å². The Labute approximate surface area is 121 Å². The van der Waals surface area contributed by atoms with Crippen molar-refractivity contribution in [2.45, 2.75) is 52.6 Å². The molecule has 0 aliphatic heterocycles. The summed E-state index contributed by atoms with van der Waals surface area (Å²) in [7, 11) is 0. The Balaban J connectivity index is 1.80. The molecule has 3 rings (SSSR count). The quantitative estimate of drug-likeness (QED) is 0.884. The molecule has 0 spiro atoms. The lowest BCUT2D eigenvalue weighted by Gasteiger charge is -2.20. The topological polar surface area (TPSA) is 25.2 Å². The Kier molecular flexibility index (Phi) is 3.43. The van der Waals surface area contributed by atoms with Crippen LogP contribution in [0.3, 0.4) is 0 Å². The summed E-state index contributed by atoms with van der Waals surface area (Å²) >= 11 is 0. The molecule has 2 nitrogen and oxygen atoms in total. The highest BCUT2D eigenvalue weighted by Crippen LogP contribution is 2.34. The first kappa shape index (κ1) is 13.4. The van der Waals surface area contributed by atoms with E-state index >= 15 is 0 Å². The fraction of sp³-hybridized carbons (Fsp3) is 0.444. The molecular formula is C18H23NO. The highest BCUT2D eigenvalue weighted by molar-refractivity contribution is 5.38. The largest absolute Gasteiger partial charge is 0.466 e. The van der Waals surface area contributed by atoms with E-state index in [1.807, 2.05) is 13.8 Å². The Bertz CT molecular complexity index is 626. The van der Waals surface area contributed by atoms with E-state index in [2.05, 4.69) is 43.4 Å². The average Bonchev–Trinajstić information content (AvgIpc) is 2.93. The van der Waals surface area contributed by atoms with Crippen LogP contribution in [0, 0.1) is 20.8 Å². The van der Waals surface area contributed by atoms with Gasteiger partial charge in [-0.05, 0) is 57.7 Å². The van der Waals surface area contributed by atoms with Gasteiger partial charge < -0.3 is 9.73 Å². The van der Waals surface area contributed by atoms with E-state index in [1.165, 1.54) is 35.1 Å². The Morgan fingerprint density at radius 1 is 1.20 bits per heavy atom. The molecule has 0 fully saturated rings. The van der Waals surface area contributed by atoms with E-state index in [0.717, 1.165) is 11.5 Å². The third-order valence-electron chi connectivity index (χ3n) is 4.38. The van der Waals surface area contributed by atoms with E-state index in [0.29, 0.717) is 12.1 Å². The molecule has 1 aromatic carbocycles. The van der Waals surface area contributed by atoms with Gasteiger partial charge in [-0.25, -0.2) is 0 Å². The minimum atomic E-state index is 0.323. The van der Waals surface area contributed by atoms with Crippen LogP contribution in [0.2, 0.25) is 0 Å². The molecule has 0 bridgehead atoms. The van der Waals surface area contributed by atoms with Gasteiger partial charge in [-0.2, -0.15) is 0 Å². The third-order valence-corrected chi connectivity index (χ3v) is 4.38. The summed E-state index contributed by atoms with van der Waals surface area (Å²) in [5, 5.41) is 3.77. The van der Waals surface area contributed by atoms with Gasteiger partial charge in [-0.1, -0.05) is 23.8 Å². The van der Waals surface area contributed by atoms with Gasteiger partial charge in [0.05, 0.1) is 0 Å². The number of aryl methyl sites for hydroxylation is 4. The van der Waals surface area contributed by atoms with E-state index in [1.54, 1.807) is 0 Å². The number of nitrogens with one attached hydrogen (secondary N) is 1. The van der Waals surface area contributed by atoms with Crippen LogP contribution in [0.5, 0.6) is 0 Å². The molecule has 0 saturated heterocycles. The van der Waals surface area contributed by atoms with Gasteiger partial charge in [-0.15, -0.1) is 0 Å². The van der Waals surface area contributed by atoms with Gasteiger partial charge in [-0.3, -0.25) is 0 Å². The smallest absolute Gasteiger partial charge is 0.105 e. The molecule has 1 aliphatic rings. The highest BCUT2D eigenvalue weighted by Gasteiger charge is 2.25. The fourth-order valence-corrected chi connectivity index (χ4v) is 3.37. The van der Waals surface area contributed by atoms with Gasteiger partial charge >= 0.3 is 0 Å². The lowest BCUT2D eigenvalue weighted by molar-refractivity contribution is 0.450. The average molecular weight is 269 g/mol. The molecular weight excluding hydrogens is 246 g/mol. The molecule has 2 unspecified atom stereocenters. The first-order valence-electron chi connectivity index (χ1n) is 7.47. The lowest BCUT2D eigenvalue weighted by atomic mass is 10.0. The van der Waals surface area contributed by atoms with Crippen LogP contribution < -0.4 is 5.32 Å². The van der Waals surface area contributed by atoms with Crippen LogP contribution in [0.1, 0.15) is 59.2 Å². The van der Waals surface area contributed by atoms with Crippen molar-refractivity contribution >= 4 is 0 Å². The fourth-order valence-electron chi connectivity index (χ4n) is 3.37. The zero-order valence-corrected chi connectivity index (χ0v) is 12.8. The van der Waals surface area contributed by atoms with Crippen LogP contribution in [-0.4, -0.2) is 0 Å². The maximum atomic E-state index is 5.65. The summed E-state index contributed by atoms with van der Waals surface area (Å²) < 4.78 is 5.65. The van der Waals surface area contributed by atoms with Gasteiger partial charge in [0, 0.05) is 17.6 Å². The number of hydrogen-bond acceptors (Lipinski definition) is 2. The summed E-state index contributed by atoms with van der Waals surface area (Å²) in [6.45, 7) is 8.46. The van der Waals surface area contributed by atoms with Crippen molar-refractivity contribution in [3.05, 3.63) is 58.0 Å². The van der Waals surface area contributed by atoms with Crippen molar-refractivity contribution in [1.82, 2.24) is 5.32 Å². The second kappa shape index (κ2) is 5.10. The molecule has 20 heavy (non-hydrogen) atoms. The molecule has 1 heterocycles. The molecule has 2 atom stereocenters. The van der Waals surface area contributed by atoms with E-state index in [4.69, 9.17) is 4.42 Å².